The van der Waals surface area contributed by atoms with Gasteiger partial charge in [-0.2, -0.15) is 0 Å². The Morgan fingerprint density at radius 2 is 1.59 bits per heavy atom. The average molecular weight is 393 g/mol. The Balaban J connectivity index is 2.21. The minimum absolute atomic E-state index is 0.234. The second kappa shape index (κ2) is 9.82. The second-order valence-electron chi connectivity index (χ2n) is 5.35. The number of nitrogens with one attached hydrogen (secondary N) is 1. The Morgan fingerprint density at radius 3 is 2.07 bits per heavy atom. The maximum atomic E-state index is 12.6. The lowest BCUT2D eigenvalue weighted by Gasteiger charge is -2.17. The molecule has 1 aromatic heterocycles. The van der Waals surface area contributed by atoms with Crippen molar-refractivity contribution in [2.75, 3.05) is 19.8 Å². The van der Waals surface area contributed by atoms with E-state index in [1.807, 2.05) is 20.8 Å². The standard InChI is InChI=1S/C19H23NO6S/c1-4-24-14-9-12(10-15(25-5-2)17(14)26-6-3)18(21)20-11-13-7-8-16(27-13)19(22)23/h7-10H,4-6,11H2,1-3H3,(H,20,21)(H,22,23). The van der Waals surface area contributed by atoms with Crippen LogP contribution in [0.5, 0.6) is 17.2 Å². The summed E-state index contributed by atoms with van der Waals surface area (Å²) in [6.45, 7) is 7.07. The fraction of sp³-hybridized carbons (Fsp3) is 0.368. The first-order chi connectivity index (χ1) is 13.0. The van der Waals surface area contributed by atoms with Crippen LogP contribution < -0.4 is 19.5 Å². The summed E-state index contributed by atoms with van der Waals surface area (Å²) in [4.78, 5) is 24.5. The van der Waals surface area contributed by atoms with E-state index >= 15 is 0 Å². The largest absolute Gasteiger partial charge is 0.490 e. The van der Waals surface area contributed by atoms with Gasteiger partial charge in [-0.15, -0.1) is 11.3 Å². The fourth-order valence-electron chi connectivity index (χ4n) is 2.38. The first kappa shape index (κ1) is 20.6. The van der Waals surface area contributed by atoms with E-state index in [-0.39, 0.29) is 17.3 Å². The molecule has 0 fully saturated rings. The molecule has 0 bridgehead atoms. The molecule has 1 aromatic carbocycles. The molecule has 0 aliphatic heterocycles. The molecule has 2 N–H and O–H groups in total. The molecule has 0 unspecified atom stereocenters. The van der Waals surface area contributed by atoms with Gasteiger partial charge in [-0.3, -0.25) is 4.79 Å². The quantitative estimate of drug-likeness (QED) is 0.641. The maximum absolute atomic E-state index is 12.6. The minimum Gasteiger partial charge on any atom is -0.490 e. The summed E-state index contributed by atoms with van der Waals surface area (Å²) in [6.07, 6.45) is 0. The van der Waals surface area contributed by atoms with Gasteiger partial charge in [0.2, 0.25) is 5.75 Å². The van der Waals surface area contributed by atoms with Gasteiger partial charge in [0.1, 0.15) is 4.88 Å². The van der Waals surface area contributed by atoms with Crippen LogP contribution in [-0.4, -0.2) is 36.8 Å². The number of carbonyl (C=O) groups is 2. The number of carboxylic acids is 1. The van der Waals surface area contributed by atoms with Crippen LogP contribution in [0.3, 0.4) is 0 Å². The summed E-state index contributed by atoms with van der Waals surface area (Å²) in [5.41, 5.74) is 0.375. The summed E-state index contributed by atoms with van der Waals surface area (Å²) in [6, 6.07) is 6.43. The summed E-state index contributed by atoms with van der Waals surface area (Å²) in [5.74, 6) is 0.0682. The summed E-state index contributed by atoms with van der Waals surface area (Å²) >= 11 is 1.13. The van der Waals surface area contributed by atoms with Crippen LogP contribution in [0.25, 0.3) is 0 Å². The van der Waals surface area contributed by atoms with E-state index in [1.165, 1.54) is 6.07 Å². The third kappa shape index (κ3) is 5.37. The van der Waals surface area contributed by atoms with Crippen molar-refractivity contribution >= 4 is 23.2 Å². The third-order valence-corrected chi connectivity index (χ3v) is 4.54. The van der Waals surface area contributed by atoms with Crippen LogP contribution in [-0.2, 0) is 6.54 Å². The van der Waals surface area contributed by atoms with Crippen LogP contribution in [0.2, 0.25) is 0 Å². The van der Waals surface area contributed by atoms with E-state index in [2.05, 4.69) is 5.32 Å². The van der Waals surface area contributed by atoms with Crippen molar-refractivity contribution in [1.29, 1.82) is 0 Å². The van der Waals surface area contributed by atoms with Gasteiger partial charge in [0.25, 0.3) is 5.91 Å². The first-order valence-corrected chi connectivity index (χ1v) is 9.48. The lowest BCUT2D eigenvalue weighted by Crippen LogP contribution is -2.22. The zero-order valence-electron chi connectivity index (χ0n) is 15.5. The normalized spacial score (nSPS) is 10.3. The molecule has 1 heterocycles. The smallest absolute Gasteiger partial charge is 0.345 e. The zero-order chi connectivity index (χ0) is 19.8. The SMILES string of the molecule is CCOc1cc(C(=O)NCc2ccc(C(=O)O)s2)cc(OCC)c1OCC. The lowest BCUT2D eigenvalue weighted by molar-refractivity contribution is 0.0702. The highest BCUT2D eigenvalue weighted by Crippen LogP contribution is 2.39. The molecule has 0 spiro atoms. The molecule has 0 atom stereocenters. The number of carboxylic acid groups (broad SMARTS) is 1. The highest BCUT2D eigenvalue weighted by Gasteiger charge is 2.18. The fourth-order valence-corrected chi connectivity index (χ4v) is 3.16. The van der Waals surface area contributed by atoms with Gasteiger partial charge < -0.3 is 24.6 Å². The van der Waals surface area contributed by atoms with Crippen LogP contribution in [0.1, 0.15) is 45.7 Å². The van der Waals surface area contributed by atoms with E-state index in [0.29, 0.717) is 42.6 Å². The van der Waals surface area contributed by atoms with Crippen LogP contribution in [0.15, 0.2) is 24.3 Å². The summed E-state index contributed by atoms with van der Waals surface area (Å²) < 4.78 is 16.9. The average Bonchev–Trinajstić information content (AvgIpc) is 3.12. The van der Waals surface area contributed by atoms with Gasteiger partial charge in [0, 0.05) is 10.4 Å². The molecular weight excluding hydrogens is 370 g/mol. The number of thiophene rings is 1. The van der Waals surface area contributed by atoms with Gasteiger partial charge in [-0.1, -0.05) is 0 Å². The van der Waals surface area contributed by atoms with Gasteiger partial charge in [0.15, 0.2) is 11.5 Å². The molecule has 0 saturated heterocycles. The molecule has 0 aliphatic rings. The Labute approximate surface area is 161 Å². The van der Waals surface area contributed by atoms with Gasteiger partial charge in [-0.25, -0.2) is 4.79 Å². The number of benzene rings is 1. The van der Waals surface area contributed by atoms with Crippen LogP contribution in [0.4, 0.5) is 0 Å². The Hall–Kier alpha value is -2.74. The van der Waals surface area contributed by atoms with Gasteiger partial charge in [0.05, 0.1) is 26.4 Å². The van der Waals surface area contributed by atoms with Crippen molar-refractivity contribution in [1.82, 2.24) is 5.32 Å². The summed E-state index contributed by atoms with van der Waals surface area (Å²) in [5, 5.41) is 11.8. The Bertz CT molecular complexity index is 774. The summed E-state index contributed by atoms with van der Waals surface area (Å²) in [7, 11) is 0. The molecule has 8 heteroatoms. The molecule has 0 radical (unpaired) electrons. The number of carbonyl (C=O) groups excluding carboxylic acids is 1. The monoisotopic (exact) mass is 393 g/mol. The zero-order valence-corrected chi connectivity index (χ0v) is 16.4. The Morgan fingerprint density at radius 1 is 1.00 bits per heavy atom. The number of amides is 1. The molecule has 7 nitrogen and oxygen atoms in total. The van der Waals surface area contributed by atoms with Crippen LogP contribution in [0, 0.1) is 0 Å². The second-order valence-corrected chi connectivity index (χ2v) is 6.52. The van der Waals surface area contributed by atoms with Crippen molar-refractivity contribution in [3.8, 4) is 17.2 Å². The van der Waals surface area contributed by atoms with Gasteiger partial charge >= 0.3 is 5.97 Å². The number of rotatable bonds is 10. The maximum Gasteiger partial charge on any atom is 0.345 e. The molecule has 2 aromatic rings. The molecule has 146 valence electrons. The van der Waals surface area contributed by atoms with E-state index in [1.54, 1.807) is 18.2 Å². The number of ether oxygens (including phenoxy) is 3. The van der Waals surface area contributed by atoms with E-state index < -0.39 is 5.97 Å². The molecule has 27 heavy (non-hydrogen) atoms. The Kier molecular flexibility index (Phi) is 7.48. The lowest BCUT2D eigenvalue weighted by atomic mass is 10.1. The van der Waals surface area contributed by atoms with Crippen molar-refractivity contribution < 1.29 is 28.9 Å². The van der Waals surface area contributed by atoms with E-state index in [4.69, 9.17) is 19.3 Å². The van der Waals surface area contributed by atoms with Crippen molar-refractivity contribution in [2.24, 2.45) is 0 Å². The number of aromatic carboxylic acids is 1. The third-order valence-electron chi connectivity index (χ3n) is 3.47. The van der Waals surface area contributed by atoms with E-state index in [9.17, 15) is 9.59 Å². The predicted octanol–water partition coefficient (Wildman–Crippen LogP) is 3.57. The highest BCUT2D eigenvalue weighted by molar-refractivity contribution is 7.13. The number of hydrogen-bond acceptors (Lipinski definition) is 6. The molecule has 2 rings (SSSR count). The van der Waals surface area contributed by atoms with Crippen molar-refractivity contribution in [2.45, 2.75) is 27.3 Å². The topological polar surface area (TPSA) is 94.1 Å². The van der Waals surface area contributed by atoms with E-state index in [0.717, 1.165) is 16.2 Å². The molecule has 1 amide bonds. The number of hydrogen-bond donors (Lipinski definition) is 2. The van der Waals surface area contributed by atoms with Crippen molar-refractivity contribution in [3.63, 3.8) is 0 Å². The minimum atomic E-state index is -0.980. The van der Waals surface area contributed by atoms with Gasteiger partial charge in [-0.05, 0) is 45.0 Å². The molecule has 0 saturated carbocycles. The molecular formula is C19H23NO6S. The molecule has 0 aliphatic carbocycles. The highest BCUT2D eigenvalue weighted by atomic mass is 32.1. The van der Waals surface area contributed by atoms with Crippen LogP contribution >= 0.6 is 11.3 Å². The predicted molar refractivity (Wildman–Crippen MR) is 102 cm³/mol. The van der Waals surface area contributed by atoms with Crippen molar-refractivity contribution in [3.05, 3.63) is 39.6 Å². The first-order valence-electron chi connectivity index (χ1n) is 8.66.